The minimum atomic E-state index is -5.28. The van der Waals surface area contributed by atoms with Gasteiger partial charge in [-0.15, -0.1) is 0 Å². The van der Waals surface area contributed by atoms with Crippen molar-refractivity contribution in [3.63, 3.8) is 0 Å². The van der Waals surface area contributed by atoms with Crippen LogP contribution in [0, 0.1) is 29.1 Å². The van der Waals surface area contributed by atoms with Crippen LogP contribution in [0.3, 0.4) is 0 Å². The summed E-state index contributed by atoms with van der Waals surface area (Å²) in [7, 11) is -5.28. The summed E-state index contributed by atoms with van der Waals surface area (Å²) < 4.78 is 96.1. The Morgan fingerprint density at radius 2 is 1.17 bits per heavy atom. The van der Waals surface area contributed by atoms with Gasteiger partial charge in [0.1, 0.15) is 5.66 Å². The predicted octanol–water partition coefficient (Wildman–Crippen LogP) is 3.71. The molecule has 0 aliphatic heterocycles. The first-order valence-electron chi connectivity index (χ1n) is 8.50. The minimum absolute atomic E-state index is 0.174. The van der Waals surface area contributed by atoms with Crippen LogP contribution in [0.5, 0.6) is 0 Å². The molecule has 0 fully saturated rings. The van der Waals surface area contributed by atoms with Crippen molar-refractivity contribution >= 4 is 10.0 Å². The third-order valence-electron chi connectivity index (χ3n) is 4.37. The Morgan fingerprint density at radius 3 is 1.67 bits per heavy atom. The molecule has 0 saturated carbocycles. The van der Waals surface area contributed by atoms with Crippen molar-refractivity contribution in [1.82, 2.24) is 4.72 Å². The Hall–Kier alpha value is -2.82. The molecular weight excluding hydrogens is 427 g/mol. The Labute approximate surface area is 169 Å². The fourth-order valence-corrected chi connectivity index (χ4v) is 4.38. The monoisotopic (exact) mass is 442 g/mol. The van der Waals surface area contributed by atoms with E-state index < -0.39 is 49.7 Å². The summed E-state index contributed by atoms with van der Waals surface area (Å²) in [4.78, 5) is -2.00. The van der Waals surface area contributed by atoms with Crippen LogP contribution in [0.2, 0.25) is 0 Å². The molecule has 0 saturated heterocycles. The van der Waals surface area contributed by atoms with Gasteiger partial charge in [0.2, 0.25) is 15.8 Å². The first-order chi connectivity index (χ1) is 14.1. The van der Waals surface area contributed by atoms with Crippen molar-refractivity contribution in [3.8, 4) is 0 Å². The molecule has 30 heavy (non-hydrogen) atoms. The van der Waals surface area contributed by atoms with Crippen LogP contribution in [0.1, 0.15) is 11.1 Å². The maximum absolute atomic E-state index is 14.1. The van der Waals surface area contributed by atoms with Crippen LogP contribution >= 0.6 is 0 Å². The van der Waals surface area contributed by atoms with Crippen LogP contribution in [0.15, 0.2) is 65.6 Å². The molecule has 0 aliphatic carbocycles. The lowest BCUT2D eigenvalue weighted by Gasteiger charge is -2.31. The number of hydrogen-bond donors (Lipinski definition) is 2. The maximum atomic E-state index is 14.1. The number of nitrogens with two attached hydrogens (primary N) is 1. The molecule has 158 valence electrons. The number of halogens is 5. The van der Waals surface area contributed by atoms with E-state index in [1.807, 2.05) is 4.72 Å². The molecule has 0 aromatic heterocycles. The van der Waals surface area contributed by atoms with E-state index in [9.17, 15) is 30.4 Å². The van der Waals surface area contributed by atoms with Gasteiger partial charge in [0, 0.05) is 6.42 Å². The van der Waals surface area contributed by atoms with Crippen molar-refractivity contribution in [1.29, 1.82) is 0 Å². The van der Waals surface area contributed by atoms with Crippen molar-refractivity contribution in [3.05, 3.63) is 101 Å². The quantitative estimate of drug-likeness (QED) is 0.265. The molecule has 3 rings (SSSR count). The molecule has 0 bridgehead atoms. The zero-order valence-electron chi connectivity index (χ0n) is 15.2. The van der Waals surface area contributed by atoms with Gasteiger partial charge in [0.15, 0.2) is 28.2 Å². The van der Waals surface area contributed by atoms with E-state index >= 15 is 0 Å². The molecule has 3 aromatic rings. The molecule has 10 heteroatoms. The Morgan fingerprint density at radius 1 is 0.733 bits per heavy atom. The van der Waals surface area contributed by atoms with Gasteiger partial charge in [0.05, 0.1) is 0 Å². The second kappa shape index (κ2) is 8.13. The van der Waals surface area contributed by atoms with Gasteiger partial charge in [-0.05, 0) is 11.1 Å². The number of nitrogens with one attached hydrogen (secondary N) is 1. The highest BCUT2D eigenvalue weighted by Gasteiger charge is 2.39. The summed E-state index contributed by atoms with van der Waals surface area (Å²) in [5.41, 5.74) is 5.10. The molecule has 1 atom stereocenters. The number of rotatable bonds is 6. The summed E-state index contributed by atoms with van der Waals surface area (Å²) in [6.07, 6.45) is -0.174. The molecule has 3 aromatic carbocycles. The summed E-state index contributed by atoms with van der Waals surface area (Å²) in [6, 6.07) is 16.0. The number of sulfonamides is 1. The van der Waals surface area contributed by atoms with Crippen LogP contribution in [-0.2, 0) is 22.1 Å². The van der Waals surface area contributed by atoms with Gasteiger partial charge in [-0.3, -0.25) is 0 Å². The van der Waals surface area contributed by atoms with E-state index in [2.05, 4.69) is 0 Å². The normalized spacial score (nSPS) is 13.8. The van der Waals surface area contributed by atoms with Crippen molar-refractivity contribution in [2.24, 2.45) is 5.73 Å². The lowest BCUT2D eigenvalue weighted by molar-refractivity contribution is 0.353. The SMILES string of the molecule is NC(Cc1ccccc1)(NS(=O)(=O)c1c(F)c(F)c(F)c(F)c1F)c1ccccc1. The summed E-state index contributed by atoms with van der Waals surface area (Å²) in [5, 5.41) is 0. The first-order valence-corrected chi connectivity index (χ1v) is 9.99. The maximum Gasteiger partial charge on any atom is 0.248 e. The Bertz CT molecular complexity index is 1150. The van der Waals surface area contributed by atoms with Gasteiger partial charge >= 0.3 is 0 Å². The van der Waals surface area contributed by atoms with Crippen molar-refractivity contribution in [2.45, 2.75) is 17.0 Å². The molecule has 0 spiro atoms. The molecular formula is C20H15F5N2O2S. The van der Waals surface area contributed by atoms with E-state index in [1.54, 1.807) is 48.5 Å². The lowest BCUT2D eigenvalue weighted by Crippen LogP contribution is -2.54. The average molecular weight is 442 g/mol. The van der Waals surface area contributed by atoms with Crippen LogP contribution in [-0.4, -0.2) is 8.42 Å². The van der Waals surface area contributed by atoms with Gasteiger partial charge in [-0.2, -0.15) is 4.72 Å². The third kappa shape index (κ3) is 4.07. The van der Waals surface area contributed by atoms with Crippen molar-refractivity contribution in [2.75, 3.05) is 0 Å². The number of hydrogen-bond acceptors (Lipinski definition) is 3. The van der Waals surface area contributed by atoms with Gasteiger partial charge in [-0.25, -0.2) is 30.4 Å². The molecule has 0 heterocycles. The van der Waals surface area contributed by atoms with E-state index in [0.29, 0.717) is 5.56 Å². The topological polar surface area (TPSA) is 72.2 Å². The Balaban J connectivity index is 2.14. The van der Waals surface area contributed by atoms with Gasteiger partial charge < -0.3 is 5.73 Å². The summed E-state index contributed by atoms with van der Waals surface area (Å²) in [6.45, 7) is 0. The molecule has 1 unspecified atom stereocenters. The molecule has 3 N–H and O–H groups in total. The number of benzene rings is 3. The highest BCUT2D eigenvalue weighted by Crippen LogP contribution is 2.29. The molecule has 0 amide bonds. The van der Waals surface area contributed by atoms with E-state index in [-0.39, 0.29) is 12.0 Å². The fraction of sp³-hybridized carbons (Fsp3) is 0.100. The molecule has 4 nitrogen and oxygen atoms in total. The summed E-state index contributed by atoms with van der Waals surface area (Å²) in [5.74, 6) is -12.2. The second-order valence-corrected chi connectivity index (χ2v) is 8.12. The fourth-order valence-electron chi connectivity index (χ4n) is 2.96. The summed E-state index contributed by atoms with van der Waals surface area (Å²) >= 11 is 0. The minimum Gasteiger partial charge on any atom is -0.308 e. The Kier molecular flexibility index (Phi) is 5.93. The highest BCUT2D eigenvalue weighted by molar-refractivity contribution is 7.89. The van der Waals surface area contributed by atoms with Crippen LogP contribution < -0.4 is 10.5 Å². The van der Waals surface area contributed by atoms with Gasteiger partial charge in [-0.1, -0.05) is 60.7 Å². The average Bonchev–Trinajstić information content (AvgIpc) is 2.71. The zero-order valence-corrected chi connectivity index (χ0v) is 16.0. The molecule has 0 aliphatic rings. The van der Waals surface area contributed by atoms with Crippen LogP contribution in [0.25, 0.3) is 0 Å². The molecule has 0 radical (unpaired) electrons. The van der Waals surface area contributed by atoms with E-state index in [0.717, 1.165) is 0 Å². The predicted molar refractivity (Wildman–Crippen MR) is 99.0 cm³/mol. The first kappa shape index (κ1) is 21.9. The van der Waals surface area contributed by atoms with Crippen molar-refractivity contribution < 1.29 is 30.4 Å². The zero-order chi connectivity index (χ0) is 22.1. The third-order valence-corrected chi connectivity index (χ3v) is 5.90. The van der Waals surface area contributed by atoms with Crippen LogP contribution in [0.4, 0.5) is 22.0 Å². The smallest absolute Gasteiger partial charge is 0.248 e. The van der Waals surface area contributed by atoms with E-state index in [4.69, 9.17) is 5.73 Å². The lowest BCUT2D eigenvalue weighted by atomic mass is 9.94. The highest BCUT2D eigenvalue weighted by atomic mass is 32.2. The van der Waals surface area contributed by atoms with Gasteiger partial charge in [0.25, 0.3) is 0 Å². The largest absolute Gasteiger partial charge is 0.308 e. The van der Waals surface area contributed by atoms with E-state index in [1.165, 1.54) is 12.1 Å². The second-order valence-electron chi connectivity index (χ2n) is 6.50. The standard InChI is InChI=1S/C20H15F5N2O2S/c21-14-15(22)17(24)19(18(25)16(14)23)30(28,29)27-20(26,13-9-5-2-6-10-13)11-12-7-3-1-4-8-12/h1-10,27H,11,26H2.